The van der Waals surface area contributed by atoms with Crippen molar-refractivity contribution in [1.29, 1.82) is 0 Å². The number of hydrogen-bond acceptors (Lipinski definition) is 1. The highest BCUT2D eigenvalue weighted by Gasteiger charge is 2.47. The van der Waals surface area contributed by atoms with Gasteiger partial charge in [0.2, 0.25) is 0 Å². The van der Waals surface area contributed by atoms with Gasteiger partial charge in [-0.25, -0.2) is 4.67 Å². The molecule has 2 heterocycles. The van der Waals surface area contributed by atoms with Gasteiger partial charge in [0.05, 0.1) is 33.2 Å². The summed E-state index contributed by atoms with van der Waals surface area (Å²) in [6.07, 6.45) is 5.66. The van der Waals surface area contributed by atoms with E-state index in [4.69, 9.17) is 11.8 Å². The summed E-state index contributed by atoms with van der Waals surface area (Å²) in [4.78, 5) is 1.65. The summed E-state index contributed by atoms with van der Waals surface area (Å²) >= 11 is 6.74. The maximum Gasteiger partial charge on any atom is 0.131 e. The van der Waals surface area contributed by atoms with Crippen molar-refractivity contribution in [1.82, 2.24) is 4.67 Å². The van der Waals surface area contributed by atoms with E-state index in [0.717, 1.165) is 13.1 Å². The zero-order valence-corrected chi connectivity index (χ0v) is 17.4. The van der Waals surface area contributed by atoms with E-state index in [1.54, 1.807) is 27.1 Å². The van der Waals surface area contributed by atoms with Crippen LogP contribution in [-0.4, -0.2) is 37.9 Å². The molecule has 5 heteroatoms. The molecule has 0 unspecified atom stereocenters. The standard InChI is InChI=1S/C21H28N3PS/c1-22-13-15-23(16-14-22)25(26)21-12-6-10-19(21)18-9-5-11-20(18)24(25)17-7-3-2-4-8-17/h2-4,7-8H,5-6,9-16H2,1H3/p+1/t25-/m1/s1. The summed E-state index contributed by atoms with van der Waals surface area (Å²) in [5.74, 6) is 0. The Kier molecular flexibility index (Phi) is 4.36. The number of nitrogens with zero attached hydrogens (tertiary/aromatic N) is 2. The summed E-state index contributed by atoms with van der Waals surface area (Å²) in [5, 5.41) is 1.66. The highest BCUT2D eigenvalue weighted by atomic mass is 32.4. The lowest BCUT2D eigenvalue weighted by atomic mass is 10.0. The third-order valence-electron chi connectivity index (χ3n) is 6.60. The van der Waals surface area contributed by atoms with Gasteiger partial charge >= 0.3 is 0 Å². The molecule has 4 aliphatic rings. The molecule has 26 heavy (non-hydrogen) atoms. The van der Waals surface area contributed by atoms with Gasteiger partial charge in [0.25, 0.3) is 0 Å². The quantitative estimate of drug-likeness (QED) is 0.781. The van der Waals surface area contributed by atoms with Crippen molar-refractivity contribution in [2.45, 2.75) is 38.5 Å². The van der Waals surface area contributed by atoms with Crippen LogP contribution < -0.4 is 9.57 Å². The number of hydrogen-bond donors (Lipinski definition) is 1. The van der Waals surface area contributed by atoms with Crippen molar-refractivity contribution in [2.24, 2.45) is 0 Å². The number of para-hydroxylation sites is 1. The Morgan fingerprint density at radius 1 is 0.923 bits per heavy atom. The fourth-order valence-electron chi connectivity index (χ4n) is 5.27. The number of likely N-dealkylation sites (N-methyl/N-ethyl adjacent to an activating group) is 1. The molecule has 0 saturated carbocycles. The smallest absolute Gasteiger partial charge is 0.131 e. The number of quaternary nitrogens is 1. The van der Waals surface area contributed by atoms with Gasteiger partial charge in [0, 0.05) is 11.4 Å². The number of piperazine rings is 1. The van der Waals surface area contributed by atoms with Crippen LogP contribution in [0.5, 0.6) is 0 Å². The van der Waals surface area contributed by atoms with Gasteiger partial charge in [-0.15, -0.1) is 0 Å². The topological polar surface area (TPSA) is 10.9 Å². The predicted molar refractivity (Wildman–Crippen MR) is 113 cm³/mol. The molecule has 0 bridgehead atoms. The molecule has 1 aromatic carbocycles. The van der Waals surface area contributed by atoms with Crippen LogP contribution >= 0.6 is 6.34 Å². The first kappa shape index (κ1) is 17.2. The summed E-state index contributed by atoms with van der Waals surface area (Å²) in [6, 6.07) is 11.0. The molecule has 0 radical (unpaired) electrons. The lowest BCUT2D eigenvalue weighted by molar-refractivity contribution is -0.883. The maximum atomic E-state index is 6.74. The van der Waals surface area contributed by atoms with E-state index in [1.165, 1.54) is 57.3 Å². The maximum absolute atomic E-state index is 6.74. The molecule has 2 aliphatic heterocycles. The van der Waals surface area contributed by atoms with Crippen molar-refractivity contribution in [3.63, 3.8) is 0 Å². The number of anilines is 1. The molecule has 1 saturated heterocycles. The first-order chi connectivity index (χ1) is 12.7. The second kappa shape index (κ2) is 6.60. The third kappa shape index (κ3) is 2.50. The first-order valence-corrected chi connectivity index (χ1v) is 12.9. The predicted octanol–water partition coefficient (Wildman–Crippen LogP) is 3.52. The van der Waals surface area contributed by atoms with Gasteiger partial charge in [0.1, 0.15) is 6.34 Å². The number of rotatable bonds is 2. The first-order valence-electron chi connectivity index (χ1n) is 10.2. The number of allylic oxidation sites excluding steroid dienone is 4. The van der Waals surface area contributed by atoms with Crippen molar-refractivity contribution in [2.75, 3.05) is 37.9 Å². The Bertz CT molecular complexity index is 821. The zero-order chi connectivity index (χ0) is 17.7. The molecule has 0 spiro atoms. The van der Waals surface area contributed by atoms with Crippen LogP contribution in [0.15, 0.2) is 52.5 Å². The monoisotopic (exact) mass is 386 g/mol. The second-order valence-electron chi connectivity index (χ2n) is 8.16. The van der Waals surface area contributed by atoms with E-state index in [9.17, 15) is 0 Å². The summed E-state index contributed by atoms with van der Waals surface area (Å²) in [5.41, 5.74) is 6.27. The Morgan fingerprint density at radius 2 is 1.62 bits per heavy atom. The van der Waals surface area contributed by atoms with E-state index in [2.05, 4.69) is 46.7 Å². The van der Waals surface area contributed by atoms with Crippen LogP contribution in [0.2, 0.25) is 0 Å². The molecule has 1 fully saturated rings. The van der Waals surface area contributed by atoms with Crippen LogP contribution in [-0.2, 0) is 11.8 Å². The highest BCUT2D eigenvalue weighted by Crippen LogP contribution is 2.71. The van der Waals surface area contributed by atoms with Crippen LogP contribution in [0, 0.1) is 0 Å². The van der Waals surface area contributed by atoms with E-state index < -0.39 is 6.34 Å². The fraction of sp³-hybridized carbons (Fsp3) is 0.524. The van der Waals surface area contributed by atoms with Gasteiger partial charge in [-0.3, -0.25) is 0 Å². The van der Waals surface area contributed by atoms with Gasteiger partial charge in [-0.2, -0.15) is 0 Å². The Hall–Kier alpha value is -0.930. The molecule has 1 N–H and O–H groups in total. The minimum atomic E-state index is -1.91. The summed E-state index contributed by atoms with van der Waals surface area (Å²) in [7, 11) is 2.32. The van der Waals surface area contributed by atoms with E-state index in [-0.39, 0.29) is 0 Å². The zero-order valence-electron chi connectivity index (χ0n) is 15.7. The second-order valence-corrected chi connectivity index (χ2v) is 12.3. The summed E-state index contributed by atoms with van der Waals surface area (Å²) < 4.78 is 5.40. The van der Waals surface area contributed by atoms with E-state index in [1.807, 2.05) is 0 Å². The fourth-order valence-corrected chi connectivity index (χ4v) is 10.6. The SMILES string of the molecule is C[NH+]1CCN([P@]2(=S)C3=C(CCC3)C3=C(CCC3)N2c2ccccc2)CC1. The number of nitrogens with one attached hydrogen (secondary N) is 1. The lowest BCUT2D eigenvalue weighted by Gasteiger charge is -2.49. The molecule has 1 atom stereocenters. The van der Waals surface area contributed by atoms with Crippen molar-refractivity contribution in [3.8, 4) is 0 Å². The molecule has 2 aliphatic carbocycles. The van der Waals surface area contributed by atoms with Gasteiger partial charge in [0.15, 0.2) is 0 Å². The van der Waals surface area contributed by atoms with Crippen LogP contribution in [0.1, 0.15) is 38.5 Å². The van der Waals surface area contributed by atoms with Gasteiger partial charge in [-0.05, 0) is 67.1 Å². The number of benzene rings is 1. The molecule has 5 rings (SSSR count). The normalized spacial score (nSPS) is 30.1. The van der Waals surface area contributed by atoms with Crippen molar-refractivity contribution >= 4 is 23.8 Å². The number of fused-ring (bicyclic) bond motifs is 1. The molecule has 0 amide bonds. The van der Waals surface area contributed by atoms with Crippen molar-refractivity contribution < 1.29 is 4.90 Å². The van der Waals surface area contributed by atoms with Crippen LogP contribution in [0.3, 0.4) is 0 Å². The van der Waals surface area contributed by atoms with Gasteiger partial charge < -0.3 is 9.57 Å². The Labute approximate surface area is 162 Å². The minimum Gasteiger partial charge on any atom is -0.335 e. The lowest BCUT2D eigenvalue weighted by Crippen LogP contribution is -3.11. The molecule has 3 nitrogen and oxygen atoms in total. The molecule has 0 aromatic heterocycles. The third-order valence-corrected chi connectivity index (χ3v) is 11.8. The van der Waals surface area contributed by atoms with Crippen molar-refractivity contribution in [3.05, 3.63) is 52.5 Å². The Balaban J connectivity index is 1.68. The van der Waals surface area contributed by atoms with E-state index >= 15 is 0 Å². The average molecular weight is 387 g/mol. The molecular weight excluding hydrogens is 357 g/mol. The van der Waals surface area contributed by atoms with Gasteiger partial charge in [-0.1, -0.05) is 30.0 Å². The summed E-state index contributed by atoms with van der Waals surface area (Å²) in [6.45, 7) is 4.72. The largest absolute Gasteiger partial charge is 0.335 e. The average Bonchev–Trinajstić information content (AvgIpc) is 3.32. The van der Waals surface area contributed by atoms with E-state index in [0.29, 0.717) is 0 Å². The molecule has 138 valence electrons. The van der Waals surface area contributed by atoms with Crippen LogP contribution in [0.4, 0.5) is 5.69 Å². The molecular formula is C21H29N3PS+. The minimum absolute atomic E-state index is 1.14. The molecule has 1 aromatic rings. The Morgan fingerprint density at radius 3 is 2.38 bits per heavy atom. The van der Waals surface area contributed by atoms with Crippen LogP contribution in [0.25, 0.3) is 0 Å². The highest BCUT2D eigenvalue weighted by molar-refractivity contribution is 8.16.